The lowest BCUT2D eigenvalue weighted by molar-refractivity contribution is 0.308. The van der Waals surface area contributed by atoms with Crippen LogP contribution in [0.4, 0.5) is 0 Å². The van der Waals surface area contributed by atoms with Gasteiger partial charge in [-0.25, -0.2) is 4.98 Å². The Morgan fingerprint density at radius 3 is 2.92 bits per heavy atom. The molecule has 2 nitrogen and oxygen atoms in total. The van der Waals surface area contributed by atoms with E-state index in [1.807, 2.05) is 6.20 Å². The molecule has 1 aromatic rings. The average Bonchev–Trinajstić information content (AvgIpc) is 2.39. The summed E-state index contributed by atoms with van der Waals surface area (Å²) >= 11 is 0. The van der Waals surface area contributed by atoms with E-state index in [-0.39, 0.29) is 0 Å². The molecule has 1 saturated carbocycles. The summed E-state index contributed by atoms with van der Waals surface area (Å²) in [6, 6.07) is 0. The van der Waals surface area contributed by atoms with Gasteiger partial charge in [0.1, 0.15) is 5.82 Å². The Bertz CT molecular complexity index is 345. The molecule has 13 heavy (non-hydrogen) atoms. The van der Waals surface area contributed by atoms with E-state index >= 15 is 0 Å². The lowest BCUT2D eigenvalue weighted by atomic mass is 9.87. The first-order chi connectivity index (χ1) is 6.09. The van der Waals surface area contributed by atoms with Crippen LogP contribution in [0.5, 0.6) is 0 Å². The van der Waals surface area contributed by atoms with Crippen LogP contribution < -0.4 is 0 Å². The molecular formula is C11H16N2. The van der Waals surface area contributed by atoms with Crippen LogP contribution in [-0.4, -0.2) is 9.55 Å². The number of hydrogen-bond donors (Lipinski definition) is 0. The van der Waals surface area contributed by atoms with Gasteiger partial charge >= 0.3 is 0 Å². The first kappa shape index (κ1) is 7.60. The average molecular weight is 176 g/mol. The molecule has 0 spiro atoms. The molecule has 1 unspecified atom stereocenters. The SMILES string of the molecule is CC(C)(C)[C@H]1C2Cn3ccnc3[C@H]21. The Labute approximate surface area is 79.0 Å². The highest BCUT2D eigenvalue weighted by molar-refractivity contribution is 5.24. The summed E-state index contributed by atoms with van der Waals surface area (Å²) in [6.07, 6.45) is 4.05. The van der Waals surface area contributed by atoms with Gasteiger partial charge in [-0.3, -0.25) is 0 Å². The summed E-state index contributed by atoms with van der Waals surface area (Å²) in [6.45, 7) is 8.26. The van der Waals surface area contributed by atoms with Gasteiger partial charge in [0.05, 0.1) is 0 Å². The Morgan fingerprint density at radius 1 is 1.46 bits per heavy atom. The summed E-state index contributed by atoms with van der Waals surface area (Å²) in [5.41, 5.74) is 0.465. The Balaban J connectivity index is 1.93. The van der Waals surface area contributed by atoms with E-state index in [1.54, 1.807) is 0 Å². The minimum atomic E-state index is 0.465. The first-order valence-corrected chi connectivity index (χ1v) is 5.10. The summed E-state index contributed by atoms with van der Waals surface area (Å²) in [5, 5.41) is 0. The maximum Gasteiger partial charge on any atom is 0.112 e. The maximum absolute atomic E-state index is 4.45. The molecule has 0 N–H and O–H groups in total. The van der Waals surface area contributed by atoms with Crippen molar-refractivity contribution in [3.8, 4) is 0 Å². The smallest absolute Gasteiger partial charge is 0.112 e. The van der Waals surface area contributed by atoms with Gasteiger partial charge in [-0.2, -0.15) is 0 Å². The van der Waals surface area contributed by atoms with Gasteiger partial charge in [0, 0.05) is 24.9 Å². The lowest BCUT2D eigenvalue weighted by Crippen LogP contribution is -2.14. The zero-order valence-corrected chi connectivity index (χ0v) is 8.49. The van der Waals surface area contributed by atoms with E-state index in [9.17, 15) is 0 Å². The van der Waals surface area contributed by atoms with E-state index in [0.29, 0.717) is 5.41 Å². The van der Waals surface area contributed by atoms with E-state index in [0.717, 1.165) is 17.8 Å². The molecule has 2 heteroatoms. The second-order valence-electron chi connectivity index (χ2n) is 5.52. The molecule has 0 aromatic carbocycles. The molecule has 0 amide bonds. The standard InChI is InChI=1S/C11H16N2/c1-11(2,3)9-7-6-13-5-4-12-10(13)8(7)9/h4-5,7-9H,6H2,1-3H3/t7?,8-,9+/m1/s1. The van der Waals surface area contributed by atoms with Crippen molar-refractivity contribution in [2.24, 2.45) is 17.3 Å². The highest BCUT2D eigenvalue weighted by Gasteiger charge is 2.61. The number of fused-ring (bicyclic) bond motifs is 3. The summed E-state index contributed by atoms with van der Waals surface area (Å²) in [7, 11) is 0. The number of rotatable bonds is 0. The molecule has 1 fully saturated rings. The van der Waals surface area contributed by atoms with Crippen LogP contribution in [-0.2, 0) is 6.54 Å². The third-order valence-electron chi connectivity index (χ3n) is 3.62. The number of imidazole rings is 1. The topological polar surface area (TPSA) is 17.8 Å². The largest absolute Gasteiger partial charge is 0.334 e. The van der Waals surface area contributed by atoms with Crippen molar-refractivity contribution in [2.45, 2.75) is 33.2 Å². The molecule has 1 aliphatic carbocycles. The lowest BCUT2D eigenvalue weighted by Gasteiger charge is -2.20. The van der Waals surface area contributed by atoms with Crippen LogP contribution in [0, 0.1) is 17.3 Å². The van der Waals surface area contributed by atoms with Crippen molar-refractivity contribution in [1.29, 1.82) is 0 Å². The molecule has 0 bridgehead atoms. The molecule has 0 saturated heterocycles. The molecule has 0 radical (unpaired) electrons. The van der Waals surface area contributed by atoms with Crippen LogP contribution >= 0.6 is 0 Å². The van der Waals surface area contributed by atoms with Crippen molar-refractivity contribution < 1.29 is 0 Å². The van der Waals surface area contributed by atoms with Crippen LogP contribution in [0.1, 0.15) is 32.5 Å². The maximum atomic E-state index is 4.45. The molecule has 1 aromatic heterocycles. The molecular weight excluding hydrogens is 160 g/mol. The van der Waals surface area contributed by atoms with Gasteiger partial charge in [0.2, 0.25) is 0 Å². The Kier molecular flexibility index (Phi) is 1.17. The van der Waals surface area contributed by atoms with Crippen LogP contribution in [0.2, 0.25) is 0 Å². The highest BCUT2D eigenvalue weighted by Crippen LogP contribution is 2.65. The normalized spacial score (nSPS) is 35.8. The molecule has 2 aliphatic rings. The zero-order chi connectivity index (χ0) is 9.22. The second kappa shape index (κ2) is 1.99. The summed E-state index contributed by atoms with van der Waals surface area (Å²) < 4.78 is 2.32. The Hall–Kier alpha value is -0.790. The zero-order valence-electron chi connectivity index (χ0n) is 8.49. The fourth-order valence-electron chi connectivity index (χ4n) is 3.13. The fourth-order valence-corrected chi connectivity index (χ4v) is 3.13. The van der Waals surface area contributed by atoms with Gasteiger partial charge in [-0.15, -0.1) is 0 Å². The number of hydrogen-bond acceptors (Lipinski definition) is 1. The molecule has 3 rings (SSSR count). The van der Waals surface area contributed by atoms with Crippen molar-refractivity contribution in [3.63, 3.8) is 0 Å². The molecule has 2 heterocycles. The van der Waals surface area contributed by atoms with E-state index < -0.39 is 0 Å². The third kappa shape index (κ3) is 0.862. The van der Waals surface area contributed by atoms with E-state index in [1.165, 1.54) is 12.4 Å². The molecule has 3 atom stereocenters. The van der Waals surface area contributed by atoms with Gasteiger partial charge in [0.25, 0.3) is 0 Å². The van der Waals surface area contributed by atoms with Gasteiger partial charge in [-0.1, -0.05) is 20.8 Å². The van der Waals surface area contributed by atoms with Gasteiger partial charge in [-0.05, 0) is 17.3 Å². The van der Waals surface area contributed by atoms with Crippen molar-refractivity contribution in [1.82, 2.24) is 9.55 Å². The molecule has 1 aliphatic heterocycles. The summed E-state index contributed by atoms with van der Waals surface area (Å²) in [4.78, 5) is 4.45. The Morgan fingerprint density at radius 2 is 2.23 bits per heavy atom. The predicted octanol–water partition coefficient (Wildman–Crippen LogP) is 2.27. The summed E-state index contributed by atoms with van der Waals surface area (Å²) in [5.74, 6) is 3.88. The number of aromatic nitrogens is 2. The van der Waals surface area contributed by atoms with Crippen molar-refractivity contribution in [2.75, 3.05) is 0 Å². The monoisotopic (exact) mass is 176 g/mol. The third-order valence-corrected chi connectivity index (χ3v) is 3.62. The minimum Gasteiger partial charge on any atom is -0.334 e. The van der Waals surface area contributed by atoms with Gasteiger partial charge in [0.15, 0.2) is 0 Å². The molecule has 70 valence electrons. The van der Waals surface area contributed by atoms with Gasteiger partial charge < -0.3 is 4.57 Å². The van der Waals surface area contributed by atoms with Crippen LogP contribution in [0.15, 0.2) is 12.4 Å². The predicted molar refractivity (Wildman–Crippen MR) is 51.4 cm³/mol. The van der Waals surface area contributed by atoms with Crippen molar-refractivity contribution in [3.05, 3.63) is 18.2 Å². The second-order valence-corrected chi connectivity index (χ2v) is 5.52. The highest BCUT2D eigenvalue weighted by atomic mass is 15.1. The minimum absolute atomic E-state index is 0.465. The van der Waals surface area contributed by atoms with Crippen molar-refractivity contribution >= 4 is 0 Å². The van der Waals surface area contributed by atoms with Crippen LogP contribution in [0.3, 0.4) is 0 Å². The number of nitrogens with zero attached hydrogens (tertiary/aromatic N) is 2. The quantitative estimate of drug-likeness (QED) is 0.593. The van der Waals surface area contributed by atoms with E-state index in [2.05, 4.69) is 36.5 Å². The first-order valence-electron chi connectivity index (χ1n) is 5.10. The van der Waals surface area contributed by atoms with Crippen LogP contribution in [0.25, 0.3) is 0 Å². The van der Waals surface area contributed by atoms with E-state index in [4.69, 9.17) is 0 Å². The fraction of sp³-hybridized carbons (Fsp3) is 0.727.